The van der Waals surface area contributed by atoms with E-state index in [0.717, 1.165) is 12.8 Å². The smallest absolute Gasteiger partial charge is 0.273 e. The molecule has 120 valence electrons. The van der Waals surface area contributed by atoms with E-state index >= 15 is 0 Å². The van der Waals surface area contributed by atoms with Crippen molar-refractivity contribution in [2.75, 3.05) is 0 Å². The molecule has 0 amide bonds. The van der Waals surface area contributed by atoms with Crippen LogP contribution in [0.4, 0.5) is 5.69 Å². The molecule has 0 spiro atoms. The first-order valence-electron chi connectivity index (χ1n) is 7.96. The Hall–Kier alpha value is -2.49. The maximum Gasteiger partial charge on any atom is 0.273 e. The number of nitro groups is 1. The average Bonchev–Trinajstić information content (AvgIpc) is 2.56. The molecule has 0 heterocycles. The van der Waals surface area contributed by atoms with Crippen molar-refractivity contribution in [3.63, 3.8) is 0 Å². The molecule has 2 aromatic rings. The maximum atomic E-state index is 12.3. The minimum Gasteiger partial charge on any atom is -0.294 e. The Kier molecular flexibility index (Phi) is 6.03. The van der Waals surface area contributed by atoms with E-state index in [9.17, 15) is 14.9 Å². The van der Waals surface area contributed by atoms with Gasteiger partial charge in [-0.2, -0.15) is 0 Å². The molecular formula is C19H21NO3. The summed E-state index contributed by atoms with van der Waals surface area (Å²) in [4.78, 5) is 22.9. The third-order valence-corrected chi connectivity index (χ3v) is 3.88. The summed E-state index contributed by atoms with van der Waals surface area (Å²) in [5.41, 5.74) is 2.27. The number of ketones is 1. The number of nitrogens with zero attached hydrogens (tertiary/aromatic N) is 1. The molecule has 0 aliphatic heterocycles. The largest absolute Gasteiger partial charge is 0.294 e. The van der Waals surface area contributed by atoms with Gasteiger partial charge in [0.1, 0.15) is 0 Å². The third kappa shape index (κ3) is 4.74. The van der Waals surface area contributed by atoms with Crippen LogP contribution in [-0.4, -0.2) is 10.7 Å². The lowest BCUT2D eigenvalue weighted by atomic mass is 9.99. The van der Waals surface area contributed by atoms with E-state index in [-0.39, 0.29) is 17.9 Å². The third-order valence-electron chi connectivity index (χ3n) is 3.88. The van der Waals surface area contributed by atoms with Gasteiger partial charge in [0.15, 0.2) is 5.78 Å². The predicted molar refractivity (Wildman–Crippen MR) is 90.8 cm³/mol. The lowest BCUT2D eigenvalue weighted by molar-refractivity contribution is -0.385. The molecular weight excluding hydrogens is 290 g/mol. The fourth-order valence-electron chi connectivity index (χ4n) is 2.55. The normalized spacial score (nSPS) is 10.5. The first-order valence-corrected chi connectivity index (χ1v) is 7.96. The molecule has 0 bridgehead atoms. The van der Waals surface area contributed by atoms with Gasteiger partial charge >= 0.3 is 0 Å². The van der Waals surface area contributed by atoms with Crippen molar-refractivity contribution >= 4 is 11.5 Å². The van der Waals surface area contributed by atoms with Gasteiger partial charge < -0.3 is 0 Å². The highest BCUT2D eigenvalue weighted by atomic mass is 16.6. The molecule has 23 heavy (non-hydrogen) atoms. The number of para-hydroxylation sites is 1. The van der Waals surface area contributed by atoms with Crippen LogP contribution in [0.5, 0.6) is 0 Å². The molecule has 0 aromatic heterocycles. The summed E-state index contributed by atoms with van der Waals surface area (Å²) < 4.78 is 0. The van der Waals surface area contributed by atoms with Gasteiger partial charge in [-0.3, -0.25) is 14.9 Å². The highest BCUT2D eigenvalue weighted by Gasteiger charge is 2.16. The molecule has 4 nitrogen and oxygen atoms in total. The molecule has 0 radical (unpaired) electrons. The van der Waals surface area contributed by atoms with Crippen LogP contribution in [0.2, 0.25) is 0 Å². The van der Waals surface area contributed by atoms with Crippen LogP contribution in [0.25, 0.3) is 0 Å². The van der Waals surface area contributed by atoms with Gasteiger partial charge in [-0.1, -0.05) is 62.2 Å². The molecule has 0 aliphatic rings. The van der Waals surface area contributed by atoms with Crippen LogP contribution in [-0.2, 0) is 12.8 Å². The quantitative estimate of drug-likeness (QED) is 0.306. The average molecular weight is 311 g/mol. The Morgan fingerprint density at radius 2 is 1.74 bits per heavy atom. The monoisotopic (exact) mass is 311 g/mol. The van der Waals surface area contributed by atoms with Crippen molar-refractivity contribution in [2.24, 2.45) is 0 Å². The molecule has 0 fully saturated rings. The highest BCUT2D eigenvalue weighted by Crippen LogP contribution is 2.20. The van der Waals surface area contributed by atoms with Gasteiger partial charge in [0, 0.05) is 23.6 Å². The fourth-order valence-corrected chi connectivity index (χ4v) is 2.55. The van der Waals surface area contributed by atoms with Gasteiger partial charge in [0.05, 0.1) is 4.92 Å². The predicted octanol–water partition coefficient (Wildman–Crippen LogP) is 4.75. The number of nitro benzene ring substituents is 1. The van der Waals surface area contributed by atoms with Gasteiger partial charge in [-0.15, -0.1) is 0 Å². The summed E-state index contributed by atoms with van der Waals surface area (Å²) in [7, 11) is 0. The lowest BCUT2D eigenvalue weighted by Gasteiger charge is -2.05. The summed E-state index contributed by atoms with van der Waals surface area (Å²) in [5, 5.41) is 11.0. The Labute approximate surface area is 136 Å². The van der Waals surface area contributed by atoms with E-state index in [4.69, 9.17) is 0 Å². The first-order chi connectivity index (χ1) is 11.1. The molecule has 2 aromatic carbocycles. The molecule has 0 atom stereocenters. The van der Waals surface area contributed by atoms with Crippen molar-refractivity contribution in [1.29, 1.82) is 0 Å². The van der Waals surface area contributed by atoms with Crippen LogP contribution in [0.3, 0.4) is 0 Å². The fraction of sp³-hybridized carbons (Fsp3) is 0.316. The van der Waals surface area contributed by atoms with E-state index in [2.05, 4.69) is 6.92 Å². The van der Waals surface area contributed by atoms with E-state index in [1.54, 1.807) is 18.2 Å². The number of carbonyl (C=O) groups is 1. The lowest BCUT2D eigenvalue weighted by Crippen LogP contribution is -2.06. The molecule has 0 aliphatic carbocycles. The van der Waals surface area contributed by atoms with Crippen LogP contribution < -0.4 is 0 Å². The summed E-state index contributed by atoms with van der Waals surface area (Å²) in [6.07, 6.45) is 4.61. The Bertz CT molecular complexity index is 677. The topological polar surface area (TPSA) is 60.2 Å². The molecule has 0 unspecified atom stereocenters. The van der Waals surface area contributed by atoms with Gasteiger partial charge in [0.2, 0.25) is 0 Å². The standard InChI is InChI=1S/C19H21NO3/c1-2-3-4-7-15-10-12-16(13-11-15)19(21)14-17-8-5-6-9-18(17)20(22)23/h5-6,8-13H,2-4,7,14H2,1H3. The second-order valence-electron chi connectivity index (χ2n) is 5.64. The van der Waals surface area contributed by atoms with Crippen LogP contribution in [0, 0.1) is 10.1 Å². The zero-order valence-electron chi connectivity index (χ0n) is 13.3. The molecule has 0 saturated heterocycles. The number of Topliss-reactive ketones (excluding diaryl/α,β-unsaturated/α-hetero) is 1. The number of rotatable bonds is 8. The number of aryl methyl sites for hydroxylation is 1. The summed E-state index contributed by atoms with van der Waals surface area (Å²) in [5.74, 6) is -0.0978. The van der Waals surface area contributed by atoms with E-state index < -0.39 is 4.92 Å². The Balaban J connectivity index is 2.05. The summed E-state index contributed by atoms with van der Waals surface area (Å²) >= 11 is 0. The van der Waals surface area contributed by atoms with E-state index in [1.165, 1.54) is 24.5 Å². The number of hydrogen-bond donors (Lipinski definition) is 0. The van der Waals surface area contributed by atoms with E-state index in [1.807, 2.05) is 24.3 Å². The number of benzene rings is 2. The molecule has 4 heteroatoms. The highest BCUT2D eigenvalue weighted by molar-refractivity contribution is 5.98. The van der Waals surface area contributed by atoms with Crippen molar-refractivity contribution in [2.45, 2.75) is 39.0 Å². The number of carbonyl (C=O) groups excluding carboxylic acids is 1. The zero-order chi connectivity index (χ0) is 16.7. The van der Waals surface area contributed by atoms with E-state index in [0.29, 0.717) is 11.1 Å². The zero-order valence-corrected chi connectivity index (χ0v) is 13.3. The van der Waals surface area contributed by atoms with Crippen molar-refractivity contribution < 1.29 is 9.72 Å². The second-order valence-corrected chi connectivity index (χ2v) is 5.64. The Morgan fingerprint density at radius 1 is 1.04 bits per heavy atom. The van der Waals surface area contributed by atoms with Crippen molar-refractivity contribution in [1.82, 2.24) is 0 Å². The number of hydrogen-bond acceptors (Lipinski definition) is 3. The maximum absolute atomic E-state index is 12.3. The molecule has 2 rings (SSSR count). The summed E-state index contributed by atoms with van der Waals surface area (Å²) in [6, 6.07) is 14.0. The van der Waals surface area contributed by atoms with Gasteiger partial charge in [-0.25, -0.2) is 0 Å². The molecule has 0 N–H and O–H groups in total. The SMILES string of the molecule is CCCCCc1ccc(C(=O)Cc2ccccc2[N+](=O)[O-])cc1. The minimum atomic E-state index is -0.445. The summed E-state index contributed by atoms with van der Waals surface area (Å²) in [6.45, 7) is 2.17. The second kappa shape index (κ2) is 8.22. The van der Waals surface area contributed by atoms with Crippen molar-refractivity contribution in [3.8, 4) is 0 Å². The van der Waals surface area contributed by atoms with Crippen LogP contribution >= 0.6 is 0 Å². The van der Waals surface area contributed by atoms with Crippen LogP contribution in [0.15, 0.2) is 48.5 Å². The van der Waals surface area contributed by atoms with Gasteiger partial charge in [0.25, 0.3) is 5.69 Å². The molecule has 0 saturated carbocycles. The minimum absolute atomic E-state index is 0.00274. The van der Waals surface area contributed by atoms with Crippen LogP contribution in [0.1, 0.15) is 47.7 Å². The van der Waals surface area contributed by atoms with Gasteiger partial charge in [-0.05, 0) is 18.4 Å². The Morgan fingerprint density at radius 3 is 2.39 bits per heavy atom. The van der Waals surface area contributed by atoms with Crippen molar-refractivity contribution in [3.05, 3.63) is 75.3 Å². The first kappa shape index (κ1) is 16.9. The number of unbranched alkanes of at least 4 members (excludes halogenated alkanes) is 2.